The van der Waals surface area contributed by atoms with Gasteiger partial charge >= 0.3 is 11.9 Å². The Morgan fingerprint density at radius 3 is 2.25 bits per heavy atom. The molecule has 1 aromatic carbocycles. The Morgan fingerprint density at radius 1 is 1.15 bits per heavy atom. The van der Waals surface area contributed by atoms with Gasteiger partial charge in [0.2, 0.25) is 5.91 Å². The number of aromatic hydroxyl groups is 1. The number of carboxylic acids is 2. The molecule has 0 radical (unpaired) electrons. The highest BCUT2D eigenvalue weighted by Crippen LogP contribution is 2.10. The normalized spacial score (nSPS) is 12.0. The maximum Gasteiger partial charge on any atom is 0.326 e. The number of carbonyl (C=O) groups excluding carboxylic acids is 1. The van der Waals surface area contributed by atoms with Gasteiger partial charge in [0, 0.05) is 6.08 Å². The molecular weight excluding hydrogens is 266 g/mol. The molecule has 0 heterocycles. The SMILES string of the molecule is O=C(O)C[C@H](NC(=O)C=Cc1ccc(O)cc1)C(=O)O. The lowest BCUT2D eigenvalue weighted by Gasteiger charge is -2.10. The van der Waals surface area contributed by atoms with Crippen LogP contribution in [0, 0.1) is 0 Å². The summed E-state index contributed by atoms with van der Waals surface area (Å²) in [5.74, 6) is -3.37. The molecule has 0 spiro atoms. The molecule has 1 atom stereocenters. The number of hydrogen-bond donors (Lipinski definition) is 4. The quantitative estimate of drug-likeness (QED) is 0.560. The zero-order chi connectivity index (χ0) is 15.1. The minimum absolute atomic E-state index is 0.0824. The second kappa shape index (κ2) is 6.93. The molecule has 1 aromatic rings. The van der Waals surface area contributed by atoms with Crippen molar-refractivity contribution in [2.75, 3.05) is 0 Å². The first-order valence-corrected chi connectivity index (χ1v) is 5.60. The van der Waals surface area contributed by atoms with Gasteiger partial charge in [-0.3, -0.25) is 9.59 Å². The smallest absolute Gasteiger partial charge is 0.326 e. The first kappa shape index (κ1) is 15.2. The summed E-state index contributed by atoms with van der Waals surface area (Å²) < 4.78 is 0. The summed E-state index contributed by atoms with van der Waals surface area (Å²) in [5.41, 5.74) is 0.628. The highest BCUT2D eigenvalue weighted by molar-refractivity contribution is 5.95. The third-order valence-electron chi connectivity index (χ3n) is 2.31. The van der Waals surface area contributed by atoms with Crippen LogP contribution < -0.4 is 5.32 Å². The predicted molar refractivity (Wildman–Crippen MR) is 69.0 cm³/mol. The average Bonchev–Trinajstić information content (AvgIpc) is 2.36. The number of carbonyl (C=O) groups is 3. The summed E-state index contributed by atoms with van der Waals surface area (Å²) >= 11 is 0. The highest BCUT2D eigenvalue weighted by Gasteiger charge is 2.21. The van der Waals surface area contributed by atoms with Crippen molar-refractivity contribution in [3.05, 3.63) is 35.9 Å². The van der Waals surface area contributed by atoms with Crippen LogP contribution in [0.1, 0.15) is 12.0 Å². The van der Waals surface area contributed by atoms with Crippen LogP contribution in [0.4, 0.5) is 0 Å². The van der Waals surface area contributed by atoms with Crippen LogP contribution >= 0.6 is 0 Å². The van der Waals surface area contributed by atoms with E-state index < -0.39 is 30.3 Å². The zero-order valence-electron chi connectivity index (χ0n) is 10.3. The topological polar surface area (TPSA) is 124 Å². The van der Waals surface area contributed by atoms with Crippen molar-refractivity contribution >= 4 is 23.9 Å². The van der Waals surface area contributed by atoms with E-state index in [-0.39, 0.29) is 5.75 Å². The monoisotopic (exact) mass is 279 g/mol. The molecule has 0 aliphatic heterocycles. The van der Waals surface area contributed by atoms with Crippen molar-refractivity contribution in [2.45, 2.75) is 12.5 Å². The number of phenolic OH excluding ortho intramolecular Hbond substituents is 1. The molecule has 7 nitrogen and oxygen atoms in total. The summed E-state index contributed by atoms with van der Waals surface area (Å²) in [4.78, 5) is 32.7. The third kappa shape index (κ3) is 5.21. The predicted octanol–water partition coefficient (Wildman–Crippen LogP) is 0.449. The number of benzene rings is 1. The molecule has 0 aliphatic rings. The lowest BCUT2D eigenvalue weighted by atomic mass is 10.2. The number of nitrogens with one attached hydrogen (secondary N) is 1. The molecule has 0 fully saturated rings. The van der Waals surface area contributed by atoms with Gasteiger partial charge in [-0.2, -0.15) is 0 Å². The Morgan fingerprint density at radius 2 is 1.75 bits per heavy atom. The second-order valence-corrected chi connectivity index (χ2v) is 3.92. The first-order chi connectivity index (χ1) is 9.38. The minimum Gasteiger partial charge on any atom is -0.508 e. The molecular formula is C13H13NO6. The van der Waals surface area contributed by atoms with Gasteiger partial charge in [-0.25, -0.2) is 4.79 Å². The van der Waals surface area contributed by atoms with E-state index in [0.717, 1.165) is 6.08 Å². The Kier molecular flexibility index (Phi) is 5.28. The zero-order valence-corrected chi connectivity index (χ0v) is 10.3. The molecule has 0 saturated carbocycles. The maximum absolute atomic E-state index is 11.5. The molecule has 4 N–H and O–H groups in total. The van der Waals surface area contributed by atoms with Gasteiger partial charge in [0.05, 0.1) is 6.42 Å². The van der Waals surface area contributed by atoms with Crippen LogP contribution in [0.3, 0.4) is 0 Å². The van der Waals surface area contributed by atoms with Crippen molar-refractivity contribution in [1.82, 2.24) is 5.32 Å². The Balaban J connectivity index is 2.63. The molecule has 106 valence electrons. The Bertz CT molecular complexity index is 534. The van der Waals surface area contributed by atoms with E-state index in [1.807, 2.05) is 0 Å². The van der Waals surface area contributed by atoms with E-state index in [9.17, 15) is 14.4 Å². The molecule has 0 unspecified atom stereocenters. The number of phenols is 1. The van der Waals surface area contributed by atoms with E-state index in [0.29, 0.717) is 5.56 Å². The first-order valence-electron chi connectivity index (χ1n) is 5.60. The van der Waals surface area contributed by atoms with Crippen molar-refractivity contribution in [1.29, 1.82) is 0 Å². The van der Waals surface area contributed by atoms with Crippen LogP contribution in [-0.2, 0) is 14.4 Å². The molecule has 0 aromatic heterocycles. The fourth-order valence-corrected chi connectivity index (χ4v) is 1.35. The Labute approximate surface area is 114 Å². The van der Waals surface area contributed by atoms with Crippen molar-refractivity contribution in [2.24, 2.45) is 0 Å². The molecule has 7 heteroatoms. The summed E-state index contributed by atoms with van der Waals surface area (Å²) in [6.07, 6.45) is 1.80. The van der Waals surface area contributed by atoms with Crippen LogP contribution in [0.15, 0.2) is 30.3 Å². The van der Waals surface area contributed by atoms with Crippen molar-refractivity contribution in [3.8, 4) is 5.75 Å². The molecule has 1 rings (SSSR count). The van der Waals surface area contributed by atoms with Gasteiger partial charge in [0.1, 0.15) is 11.8 Å². The van der Waals surface area contributed by atoms with Gasteiger partial charge < -0.3 is 20.6 Å². The third-order valence-corrected chi connectivity index (χ3v) is 2.31. The Hall–Kier alpha value is -2.83. The molecule has 1 amide bonds. The summed E-state index contributed by atoms with van der Waals surface area (Å²) in [6.45, 7) is 0. The number of amides is 1. The summed E-state index contributed by atoms with van der Waals surface area (Å²) in [6, 6.07) is 4.50. The molecule has 0 saturated heterocycles. The number of rotatable bonds is 6. The van der Waals surface area contributed by atoms with Gasteiger partial charge in [-0.15, -0.1) is 0 Å². The number of aliphatic carboxylic acids is 2. The van der Waals surface area contributed by atoms with E-state index in [1.165, 1.54) is 18.2 Å². The van der Waals surface area contributed by atoms with E-state index >= 15 is 0 Å². The van der Waals surface area contributed by atoms with Gasteiger partial charge in [-0.05, 0) is 23.8 Å². The molecule has 20 heavy (non-hydrogen) atoms. The maximum atomic E-state index is 11.5. The lowest BCUT2D eigenvalue weighted by molar-refractivity contribution is -0.146. The van der Waals surface area contributed by atoms with Crippen LogP contribution in [0.5, 0.6) is 5.75 Å². The molecule has 0 bridgehead atoms. The highest BCUT2D eigenvalue weighted by atomic mass is 16.4. The minimum atomic E-state index is -1.48. The van der Waals surface area contributed by atoms with Crippen molar-refractivity contribution < 1.29 is 29.7 Å². The fraction of sp³-hybridized carbons (Fsp3) is 0.154. The standard InChI is InChI=1S/C13H13NO6/c15-9-4-1-8(2-5-9)3-6-11(16)14-10(13(19)20)7-12(17)18/h1-6,10,15H,7H2,(H,14,16)(H,17,18)(H,19,20)/t10-/m0/s1. The fourth-order valence-electron chi connectivity index (χ4n) is 1.35. The average molecular weight is 279 g/mol. The largest absolute Gasteiger partial charge is 0.508 e. The van der Waals surface area contributed by atoms with Crippen LogP contribution in [0.2, 0.25) is 0 Å². The van der Waals surface area contributed by atoms with Crippen LogP contribution in [0.25, 0.3) is 6.08 Å². The summed E-state index contributed by atoms with van der Waals surface area (Å²) in [5, 5.41) is 28.4. The van der Waals surface area contributed by atoms with E-state index in [1.54, 1.807) is 12.1 Å². The van der Waals surface area contributed by atoms with Gasteiger partial charge in [-0.1, -0.05) is 12.1 Å². The number of hydrogen-bond acceptors (Lipinski definition) is 4. The molecule has 0 aliphatic carbocycles. The van der Waals surface area contributed by atoms with Gasteiger partial charge in [0.15, 0.2) is 0 Å². The second-order valence-electron chi connectivity index (χ2n) is 3.92. The van der Waals surface area contributed by atoms with E-state index in [4.69, 9.17) is 15.3 Å². The van der Waals surface area contributed by atoms with Gasteiger partial charge in [0.25, 0.3) is 0 Å². The summed E-state index contributed by atoms with van der Waals surface area (Å²) in [7, 11) is 0. The van der Waals surface area contributed by atoms with E-state index in [2.05, 4.69) is 5.32 Å². The number of carboxylic acid groups (broad SMARTS) is 2. The van der Waals surface area contributed by atoms with Crippen molar-refractivity contribution in [3.63, 3.8) is 0 Å². The lowest BCUT2D eigenvalue weighted by Crippen LogP contribution is -2.41. The van der Waals surface area contributed by atoms with Crippen LogP contribution in [-0.4, -0.2) is 39.2 Å².